The molecule has 1 fully saturated rings. The lowest BCUT2D eigenvalue weighted by Gasteiger charge is -2.29. The molecule has 0 aromatic heterocycles. The highest BCUT2D eigenvalue weighted by atomic mass is 35.5. The van der Waals surface area contributed by atoms with Crippen molar-refractivity contribution in [2.45, 2.75) is 25.3 Å². The zero-order valence-electron chi connectivity index (χ0n) is 7.74. The summed E-state index contributed by atoms with van der Waals surface area (Å²) >= 11 is 0. The van der Waals surface area contributed by atoms with Gasteiger partial charge in [0.1, 0.15) is 0 Å². The van der Waals surface area contributed by atoms with E-state index in [9.17, 15) is 0 Å². The lowest BCUT2D eigenvalue weighted by atomic mass is 10.1. The van der Waals surface area contributed by atoms with Gasteiger partial charge >= 0.3 is 0 Å². The number of piperidine rings is 1. The van der Waals surface area contributed by atoms with Crippen LogP contribution in [0.3, 0.4) is 0 Å². The second-order valence-electron chi connectivity index (χ2n) is 3.16. The maximum absolute atomic E-state index is 5.80. The van der Waals surface area contributed by atoms with Crippen LogP contribution in [-0.4, -0.2) is 30.6 Å². The Morgan fingerprint density at radius 3 is 2.69 bits per heavy atom. The summed E-state index contributed by atoms with van der Waals surface area (Å²) in [5.74, 6) is 2.65. The van der Waals surface area contributed by atoms with Gasteiger partial charge in [0.05, 0.1) is 0 Å². The predicted molar refractivity (Wildman–Crippen MR) is 61.6 cm³/mol. The fraction of sp³-hybridized carbons (Fsp3) is 0.778. The smallest absolute Gasteiger partial charge is 0.0214 e. The first-order valence-corrected chi connectivity index (χ1v) is 4.24. The van der Waals surface area contributed by atoms with Gasteiger partial charge in [-0.2, -0.15) is 0 Å². The molecule has 0 aromatic rings. The van der Waals surface area contributed by atoms with Crippen molar-refractivity contribution in [1.82, 2.24) is 4.90 Å². The molecule has 1 saturated heterocycles. The fourth-order valence-corrected chi connectivity index (χ4v) is 1.52. The molecule has 0 saturated carbocycles. The summed E-state index contributed by atoms with van der Waals surface area (Å²) in [6, 6.07) is 0.376. The zero-order chi connectivity index (χ0) is 8.10. The van der Waals surface area contributed by atoms with Crippen LogP contribution in [0.25, 0.3) is 0 Å². The second kappa shape index (κ2) is 8.65. The molecule has 78 valence electrons. The Hall–Kier alpha value is 0.0600. The first kappa shape index (κ1) is 15.5. The van der Waals surface area contributed by atoms with Gasteiger partial charge in [-0.1, -0.05) is 0 Å². The van der Waals surface area contributed by atoms with Gasteiger partial charge in [-0.3, -0.25) is 0 Å². The number of nitrogens with zero attached hydrogens (tertiary/aromatic N) is 1. The Kier molecular flexibility index (Phi) is 10.3. The molecule has 0 spiro atoms. The largest absolute Gasteiger partial charge is 0.327 e. The molecule has 1 aliphatic rings. The highest BCUT2D eigenvalue weighted by Gasteiger charge is 2.14. The lowest BCUT2D eigenvalue weighted by molar-refractivity contribution is 0.213. The molecule has 0 radical (unpaired) electrons. The zero-order valence-corrected chi connectivity index (χ0v) is 9.37. The SMILES string of the molecule is C#CCCN1CCCC(N)C1.Cl.Cl. The molecule has 13 heavy (non-hydrogen) atoms. The van der Waals surface area contributed by atoms with E-state index in [1.54, 1.807) is 0 Å². The van der Waals surface area contributed by atoms with E-state index in [1.807, 2.05) is 0 Å². The number of hydrogen-bond donors (Lipinski definition) is 1. The van der Waals surface area contributed by atoms with E-state index >= 15 is 0 Å². The third kappa shape index (κ3) is 6.17. The van der Waals surface area contributed by atoms with E-state index in [2.05, 4.69) is 10.8 Å². The predicted octanol–water partition coefficient (Wildman–Crippen LogP) is 1.28. The fourth-order valence-electron chi connectivity index (χ4n) is 1.52. The number of nitrogens with two attached hydrogens (primary N) is 1. The quantitative estimate of drug-likeness (QED) is 0.717. The van der Waals surface area contributed by atoms with Gasteiger partial charge in [-0.25, -0.2) is 0 Å². The molecule has 1 atom stereocenters. The molecule has 2 nitrogen and oxygen atoms in total. The number of terminal acetylenes is 1. The van der Waals surface area contributed by atoms with E-state index in [0.717, 1.165) is 19.5 Å². The molecule has 1 unspecified atom stereocenters. The summed E-state index contributed by atoms with van der Waals surface area (Å²) in [5.41, 5.74) is 5.80. The second-order valence-corrected chi connectivity index (χ2v) is 3.16. The van der Waals surface area contributed by atoms with Crippen LogP contribution in [0.2, 0.25) is 0 Å². The Labute approximate surface area is 93.1 Å². The van der Waals surface area contributed by atoms with Gasteiger partial charge in [0, 0.05) is 25.6 Å². The molecule has 1 aliphatic heterocycles. The van der Waals surface area contributed by atoms with E-state index in [-0.39, 0.29) is 24.8 Å². The van der Waals surface area contributed by atoms with Crippen LogP contribution in [-0.2, 0) is 0 Å². The highest BCUT2D eigenvalue weighted by Crippen LogP contribution is 2.07. The molecule has 0 aromatic carbocycles. The summed E-state index contributed by atoms with van der Waals surface area (Å²) in [4.78, 5) is 2.36. The van der Waals surface area contributed by atoms with Gasteiger partial charge < -0.3 is 10.6 Å². The van der Waals surface area contributed by atoms with Crippen LogP contribution in [0.1, 0.15) is 19.3 Å². The van der Waals surface area contributed by atoms with Gasteiger partial charge in [0.15, 0.2) is 0 Å². The average molecular weight is 225 g/mol. The lowest BCUT2D eigenvalue weighted by Crippen LogP contribution is -2.42. The maximum atomic E-state index is 5.80. The van der Waals surface area contributed by atoms with E-state index in [4.69, 9.17) is 12.2 Å². The van der Waals surface area contributed by atoms with Crippen molar-refractivity contribution in [3.05, 3.63) is 0 Å². The van der Waals surface area contributed by atoms with Crippen LogP contribution >= 0.6 is 24.8 Å². The third-order valence-electron chi connectivity index (χ3n) is 2.11. The summed E-state index contributed by atoms with van der Waals surface area (Å²) < 4.78 is 0. The van der Waals surface area contributed by atoms with E-state index in [1.165, 1.54) is 19.4 Å². The number of likely N-dealkylation sites (tertiary alicyclic amines) is 1. The summed E-state index contributed by atoms with van der Waals surface area (Å²) in [6.45, 7) is 3.22. The minimum Gasteiger partial charge on any atom is -0.327 e. The number of rotatable bonds is 2. The van der Waals surface area contributed by atoms with Crippen molar-refractivity contribution in [2.75, 3.05) is 19.6 Å². The van der Waals surface area contributed by atoms with Gasteiger partial charge in [-0.05, 0) is 19.4 Å². The van der Waals surface area contributed by atoms with Crippen molar-refractivity contribution in [3.8, 4) is 12.3 Å². The highest BCUT2D eigenvalue weighted by molar-refractivity contribution is 5.85. The maximum Gasteiger partial charge on any atom is 0.0214 e. The average Bonchev–Trinajstić information content (AvgIpc) is 2.01. The first-order chi connectivity index (χ1) is 5.33. The van der Waals surface area contributed by atoms with Crippen molar-refractivity contribution in [3.63, 3.8) is 0 Å². The molecule has 0 aliphatic carbocycles. The Balaban J connectivity index is 0. The monoisotopic (exact) mass is 224 g/mol. The van der Waals surface area contributed by atoms with Crippen molar-refractivity contribution < 1.29 is 0 Å². The minimum atomic E-state index is 0. The summed E-state index contributed by atoms with van der Waals surface area (Å²) in [7, 11) is 0. The summed E-state index contributed by atoms with van der Waals surface area (Å²) in [6.07, 6.45) is 8.43. The van der Waals surface area contributed by atoms with Gasteiger partial charge in [-0.15, -0.1) is 37.2 Å². The number of halogens is 2. The van der Waals surface area contributed by atoms with E-state index in [0.29, 0.717) is 6.04 Å². The van der Waals surface area contributed by atoms with Gasteiger partial charge in [0.25, 0.3) is 0 Å². The van der Waals surface area contributed by atoms with Crippen LogP contribution in [0.15, 0.2) is 0 Å². The minimum absolute atomic E-state index is 0. The molecular weight excluding hydrogens is 207 g/mol. The molecule has 1 rings (SSSR count). The summed E-state index contributed by atoms with van der Waals surface area (Å²) in [5, 5.41) is 0. The molecule has 1 heterocycles. The molecule has 4 heteroatoms. The van der Waals surface area contributed by atoms with Crippen LogP contribution in [0, 0.1) is 12.3 Å². The molecule has 0 amide bonds. The van der Waals surface area contributed by atoms with Crippen molar-refractivity contribution in [1.29, 1.82) is 0 Å². The van der Waals surface area contributed by atoms with Crippen molar-refractivity contribution in [2.24, 2.45) is 5.73 Å². The van der Waals surface area contributed by atoms with E-state index < -0.39 is 0 Å². The number of hydrogen-bond acceptors (Lipinski definition) is 2. The van der Waals surface area contributed by atoms with Crippen LogP contribution < -0.4 is 5.73 Å². The first-order valence-electron chi connectivity index (χ1n) is 4.24. The van der Waals surface area contributed by atoms with Crippen LogP contribution in [0.4, 0.5) is 0 Å². The Bertz CT molecular complexity index is 156. The topological polar surface area (TPSA) is 29.3 Å². The molecule has 0 bridgehead atoms. The third-order valence-corrected chi connectivity index (χ3v) is 2.11. The Morgan fingerprint density at radius 2 is 2.15 bits per heavy atom. The molecular formula is C9H18Cl2N2. The van der Waals surface area contributed by atoms with Crippen molar-refractivity contribution >= 4 is 24.8 Å². The standard InChI is InChI=1S/C9H16N2.2ClH/c1-2-3-6-11-7-4-5-9(10)8-11;;/h1,9H,3-8,10H2;2*1H. The van der Waals surface area contributed by atoms with Crippen LogP contribution in [0.5, 0.6) is 0 Å². The Morgan fingerprint density at radius 1 is 1.46 bits per heavy atom. The normalized spacial score (nSPS) is 22.3. The van der Waals surface area contributed by atoms with Gasteiger partial charge in [0.2, 0.25) is 0 Å². The molecule has 2 N–H and O–H groups in total.